The molecule has 0 fully saturated rings. The molecule has 4 aliphatic carbocycles. The average Bonchev–Trinajstić information content (AvgIpc) is 3.28. The standard InChI is InChI=1S/C56H36O/c1-3-7-35(8-4-1)45-27-15-39-21-33-51-47(29-17-41-19-31-49(45)53(39)55(41)51)37-11-23-43(24-12-37)57-44-25-13-38(14-26-44)48-30-18-42-20-32-50-46(36-9-5-2-6-10-36)28-16-40-22-34-52(48)56(42)54(40)50/h1-34,53,55H. The first-order valence-corrected chi connectivity index (χ1v) is 19.9. The van der Waals surface area contributed by atoms with E-state index >= 15 is 0 Å². The van der Waals surface area contributed by atoms with Gasteiger partial charge >= 0.3 is 0 Å². The number of allylic oxidation sites excluding steroid dienone is 14. The number of benzene rings is 8. The average molecular weight is 725 g/mol. The van der Waals surface area contributed by atoms with Crippen molar-refractivity contribution in [1.29, 1.82) is 0 Å². The molecule has 0 bridgehead atoms. The Labute approximate surface area is 332 Å². The zero-order valence-corrected chi connectivity index (χ0v) is 31.2. The Balaban J connectivity index is 0.822. The van der Waals surface area contributed by atoms with E-state index in [2.05, 4.69) is 206 Å². The van der Waals surface area contributed by atoms with Gasteiger partial charge in [0.1, 0.15) is 11.5 Å². The fourth-order valence-electron chi connectivity index (χ4n) is 9.88. The number of rotatable bonds is 6. The molecule has 0 saturated heterocycles. The first-order valence-electron chi connectivity index (χ1n) is 19.9. The first kappa shape index (κ1) is 32.1. The fourth-order valence-corrected chi connectivity index (χ4v) is 9.88. The van der Waals surface area contributed by atoms with E-state index in [4.69, 9.17) is 4.74 Å². The van der Waals surface area contributed by atoms with Crippen molar-refractivity contribution in [2.75, 3.05) is 0 Å². The monoisotopic (exact) mass is 724 g/mol. The van der Waals surface area contributed by atoms with Crippen LogP contribution in [-0.4, -0.2) is 0 Å². The lowest BCUT2D eigenvalue weighted by molar-refractivity contribution is 0.482. The second kappa shape index (κ2) is 12.7. The molecule has 4 aliphatic rings. The van der Waals surface area contributed by atoms with E-state index in [9.17, 15) is 0 Å². The molecule has 0 heterocycles. The Hall–Kier alpha value is -7.22. The van der Waals surface area contributed by atoms with Crippen LogP contribution in [0.2, 0.25) is 0 Å². The van der Waals surface area contributed by atoms with Crippen LogP contribution in [0.1, 0.15) is 11.1 Å². The quantitative estimate of drug-likeness (QED) is 0.155. The lowest BCUT2D eigenvalue weighted by Crippen LogP contribution is -2.30. The summed E-state index contributed by atoms with van der Waals surface area (Å²) in [7, 11) is 0. The van der Waals surface area contributed by atoms with Crippen molar-refractivity contribution < 1.29 is 4.74 Å². The lowest BCUT2D eigenvalue weighted by Gasteiger charge is -2.42. The zero-order chi connectivity index (χ0) is 37.5. The highest BCUT2D eigenvalue weighted by molar-refractivity contribution is 6.27. The molecular weight excluding hydrogens is 689 g/mol. The summed E-state index contributed by atoms with van der Waals surface area (Å²) in [6, 6.07) is 56.9. The van der Waals surface area contributed by atoms with Gasteiger partial charge in [-0.3, -0.25) is 0 Å². The summed E-state index contributed by atoms with van der Waals surface area (Å²) >= 11 is 0. The van der Waals surface area contributed by atoms with Crippen molar-refractivity contribution in [2.45, 2.75) is 0 Å². The van der Waals surface area contributed by atoms with Crippen molar-refractivity contribution >= 4 is 43.5 Å². The Morgan fingerprint density at radius 1 is 0.368 bits per heavy atom. The maximum atomic E-state index is 6.44. The van der Waals surface area contributed by atoms with Crippen molar-refractivity contribution in [2.24, 2.45) is 11.8 Å². The summed E-state index contributed by atoms with van der Waals surface area (Å²) in [5, 5.41) is 7.76. The fraction of sp³-hybridized carbons (Fsp3) is 0.0357. The van der Waals surface area contributed by atoms with E-state index in [1.54, 1.807) is 0 Å². The molecule has 12 rings (SSSR count). The first-order chi connectivity index (χ1) is 28.2. The van der Waals surface area contributed by atoms with Crippen LogP contribution in [0.4, 0.5) is 0 Å². The SMILES string of the molecule is C1=CC2=C(c3ccccc3)C=CC3=CC=C4C(c5ccc(Oc6ccc(-c7ccc8ccc9c(-c%10ccccc%10)ccc%10ccc7c8c%109)cc6)cc5)=CC=C1C4C32. The van der Waals surface area contributed by atoms with Crippen LogP contribution in [0.5, 0.6) is 11.5 Å². The maximum absolute atomic E-state index is 6.44. The Kier molecular flexibility index (Phi) is 7.12. The molecule has 0 spiro atoms. The molecule has 2 unspecified atom stereocenters. The second-order valence-corrected chi connectivity index (χ2v) is 15.6. The molecular formula is C56H36O. The molecule has 8 aromatic rings. The molecule has 57 heavy (non-hydrogen) atoms. The summed E-state index contributed by atoms with van der Waals surface area (Å²) in [6.45, 7) is 0. The summed E-state index contributed by atoms with van der Waals surface area (Å²) < 4.78 is 6.44. The summed E-state index contributed by atoms with van der Waals surface area (Å²) in [6.07, 6.45) is 18.6. The highest BCUT2D eigenvalue weighted by atomic mass is 16.5. The molecule has 1 heteroatoms. The lowest BCUT2D eigenvalue weighted by atomic mass is 9.61. The number of hydrogen-bond donors (Lipinski definition) is 0. The highest BCUT2D eigenvalue weighted by Gasteiger charge is 2.40. The van der Waals surface area contributed by atoms with E-state index in [0.29, 0.717) is 11.8 Å². The van der Waals surface area contributed by atoms with Crippen LogP contribution in [0.25, 0.3) is 65.7 Å². The van der Waals surface area contributed by atoms with Crippen LogP contribution in [0.15, 0.2) is 229 Å². The Bertz CT molecular complexity index is 3150. The van der Waals surface area contributed by atoms with Gasteiger partial charge in [-0.1, -0.05) is 182 Å². The number of ether oxygens (including phenoxy) is 1. The molecule has 0 aromatic heterocycles. The third-order valence-corrected chi connectivity index (χ3v) is 12.5. The third-order valence-electron chi connectivity index (χ3n) is 12.5. The molecule has 0 aliphatic heterocycles. The highest BCUT2D eigenvalue weighted by Crippen LogP contribution is 2.54. The van der Waals surface area contributed by atoms with Crippen LogP contribution in [0.3, 0.4) is 0 Å². The molecule has 0 radical (unpaired) electrons. The molecule has 2 atom stereocenters. The van der Waals surface area contributed by atoms with E-state index in [0.717, 1.165) is 11.5 Å². The topological polar surface area (TPSA) is 9.23 Å². The van der Waals surface area contributed by atoms with Crippen LogP contribution in [0, 0.1) is 11.8 Å². The minimum absolute atomic E-state index is 0.309. The molecule has 0 amide bonds. The largest absolute Gasteiger partial charge is 0.457 e. The molecule has 1 nitrogen and oxygen atoms in total. The molecule has 266 valence electrons. The van der Waals surface area contributed by atoms with Gasteiger partial charge in [-0.25, -0.2) is 0 Å². The minimum atomic E-state index is 0.309. The molecule has 8 aromatic carbocycles. The van der Waals surface area contributed by atoms with Crippen molar-refractivity contribution in [3.8, 4) is 33.8 Å². The maximum Gasteiger partial charge on any atom is 0.127 e. The predicted molar refractivity (Wildman–Crippen MR) is 238 cm³/mol. The number of hydrogen-bond acceptors (Lipinski definition) is 1. The van der Waals surface area contributed by atoms with Crippen LogP contribution >= 0.6 is 0 Å². The van der Waals surface area contributed by atoms with Gasteiger partial charge in [0.2, 0.25) is 0 Å². The van der Waals surface area contributed by atoms with E-state index in [1.807, 2.05) is 0 Å². The van der Waals surface area contributed by atoms with E-state index < -0.39 is 0 Å². The van der Waals surface area contributed by atoms with Gasteiger partial charge in [0.05, 0.1) is 0 Å². The molecule has 0 saturated carbocycles. The van der Waals surface area contributed by atoms with Gasteiger partial charge in [-0.05, 0) is 123 Å². The van der Waals surface area contributed by atoms with Gasteiger partial charge < -0.3 is 4.74 Å². The predicted octanol–water partition coefficient (Wildman–Crippen LogP) is 14.7. The normalized spacial score (nSPS) is 18.0. The zero-order valence-electron chi connectivity index (χ0n) is 31.2. The van der Waals surface area contributed by atoms with E-state index in [1.165, 1.54) is 99.1 Å². The van der Waals surface area contributed by atoms with E-state index in [-0.39, 0.29) is 0 Å². The third kappa shape index (κ3) is 5.09. The van der Waals surface area contributed by atoms with Gasteiger partial charge in [-0.15, -0.1) is 0 Å². The minimum Gasteiger partial charge on any atom is -0.457 e. The summed E-state index contributed by atoms with van der Waals surface area (Å²) in [5.74, 6) is 2.28. The van der Waals surface area contributed by atoms with Gasteiger partial charge in [0, 0.05) is 11.8 Å². The second-order valence-electron chi connectivity index (χ2n) is 15.6. The van der Waals surface area contributed by atoms with Crippen molar-refractivity contribution in [1.82, 2.24) is 0 Å². The molecule has 0 N–H and O–H groups in total. The van der Waals surface area contributed by atoms with Gasteiger partial charge in [0.25, 0.3) is 0 Å². The Morgan fingerprint density at radius 3 is 1.54 bits per heavy atom. The van der Waals surface area contributed by atoms with Crippen molar-refractivity contribution in [3.05, 3.63) is 240 Å². The summed E-state index contributed by atoms with van der Waals surface area (Å²) in [4.78, 5) is 0. The van der Waals surface area contributed by atoms with Crippen LogP contribution < -0.4 is 4.74 Å². The Morgan fingerprint density at radius 2 is 0.895 bits per heavy atom. The van der Waals surface area contributed by atoms with Crippen molar-refractivity contribution in [3.63, 3.8) is 0 Å². The van der Waals surface area contributed by atoms with Gasteiger partial charge in [-0.2, -0.15) is 0 Å². The summed E-state index contributed by atoms with van der Waals surface area (Å²) in [5.41, 5.74) is 15.6. The van der Waals surface area contributed by atoms with Crippen LogP contribution in [-0.2, 0) is 0 Å². The van der Waals surface area contributed by atoms with Gasteiger partial charge in [0.15, 0.2) is 0 Å². The smallest absolute Gasteiger partial charge is 0.127 e.